The van der Waals surface area contributed by atoms with Crippen LogP contribution in [0.5, 0.6) is 0 Å². The molecule has 1 aliphatic heterocycles. The van der Waals surface area contributed by atoms with E-state index in [1.165, 1.54) is 0 Å². The number of esters is 1. The molecule has 0 bridgehead atoms. The minimum atomic E-state index is -1.94. The van der Waals surface area contributed by atoms with Gasteiger partial charge in [0.05, 0.1) is 18.6 Å². The Kier molecular flexibility index (Phi) is 4.86. The molecule has 0 aromatic carbocycles. The first kappa shape index (κ1) is 16.7. The fourth-order valence-electron chi connectivity index (χ4n) is 2.09. The van der Waals surface area contributed by atoms with Crippen molar-refractivity contribution in [1.82, 2.24) is 0 Å². The van der Waals surface area contributed by atoms with E-state index in [9.17, 15) is 9.90 Å². The van der Waals surface area contributed by atoms with E-state index in [1.807, 2.05) is 13.8 Å². The normalized spacial score (nSPS) is 33.2. The lowest BCUT2D eigenvalue weighted by molar-refractivity contribution is -0.179. The van der Waals surface area contributed by atoms with E-state index in [0.717, 1.165) is 0 Å². The van der Waals surface area contributed by atoms with Gasteiger partial charge in [-0.2, -0.15) is 0 Å². The topological polar surface area (TPSA) is 55.8 Å². The highest BCUT2D eigenvalue weighted by Gasteiger charge is 2.47. The molecule has 0 aliphatic carbocycles. The maximum atomic E-state index is 11.9. The number of aliphatic hydroxyl groups excluding tert-OH is 1. The van der Waals surface area contributed by atoms with Crippen LogP contribution in [0.4, 0.5) is 0 Å². The molecule has 0 aromatic rings. The van der Waals surface area contributed by atoms with Gasteiger partial charge in [0.25, 0.3) is 0 Å². The zero-order valence-corrected chi connectivity index (χ0v) is 14.2. The van der Waals surface area contributed by atoms with Gasteiger partial charge < -0.3 is 14.3 Å². The van der Waals surface area contributed by atoms with Crippen LogP contribution >= 0.6 is 0 Å². The number of hydrogen-bond acceptors (Lipinski definition) is 4. The maximum absolute atomic E-state index is 11.9. The molecule has 1 heterocycles. The van der Waals surface area contributed by atoms with E-state index in [2.05, 4.69) is 33.9 Å². The van der Waals surface area contributed by atoms with E-state index >= 15 is 0 Å². The summed E-state index contributed by atoms with van der Waals surface area (Å²) in [6, 6.07) is 0. The molecule has 5 heteroatoms. The molecular weight excluding hydrogens is 260 g/mol. The molecule has 19 heavy (non-hydrogen) atoms. The molecule has 1 rings (SSSR count). The van der Waals surface area contributed by atoms with Gasteiger partial charge in [-0.3, -0.25) is 4.79 Å². The highest BCUT2D eigenvalue weighted by molar-refractivity contribution is 6.74. The van der Waals surface area contributed by atoms with E-state index in [1.54, 1.807) is 0 Å². The summed E-state index contributed by atoms with van der Waals surface area (Å²) in [6.07, 6.45) is -0.613. The van der Waals surface area contributed by atoms with Gasteiger partial charge in [0.2, 0.25) is 0 Å². The van der Waals surface area contributed by atoms with Crippen LogP contribution in [-0.4, -0.2) is 38.2 Å². The van der Waals surface area contributed by atoms with Crippen molar-refractivity contribution in [3.8, 4) is 0 Å². The van der Waals surface area contributed by atoms with Crippen LogP contribution < -0.4 is 0 Å². The minimum Gasteiger partial charge on any atom is -0.459 e. The van der Waals surface area contributed by atoms with Crippen LogP contribution in [0.15, 0.2) is 0 Å². The third-order valence-electron chi connectivity index (χ3n) is 4.65. The molecular formula is C14H28O4Si. The van der Waals surface area contributed by atoms with Gasteiger partial charge in [-0.05, 0) is 25.1 Å². The van der Waals surface area contributed by atoms with Gasteiger partial charge in [0, 0.05) is 5.92 Å². The molecule has 0 amide bonds. The van der Waals surface area contributed by atoms with Crippen LogP contribution in [0.1, 0.15) is 34.6 Å². The second kappa shape index (κ2) is 5.54. The number of carbonyl (C=O) groups excluding carboxylic acids is 1. The summed E-state index contributed by atoms with van der Waals surface area (Å²) in [7, 11) is -1.94. The van der Waals surface area contributed by atoms with E-state index in [-0.39, 0.29) is 35.6 Å². The van der Waals surface area contributed by atoms with Gasteiger partial charge in [0.15, 0.2) is 8.32 Å². The van der Waals surface area contributed by atoms with Crippen molar-refractivity contribution in [3.63, 3.8) is 0 Å². The van der Waals surface area contributed by atoms with Crippen molar-refractivity contribution in [2.45, 2.75) is 65.0 Å². The molecule has 1 aliphatic rings. The first-order valence-corrected chi connectivity index (χ1v) is 9.91. The molecule has 112 valence electrons. The van der Waals surface area contributed by atoms with Crippen LogP contribution in [0.25, 0.3) is 0 Å². The highest BCUT2D eigenvalue weighted by Crippen LogP contribution is 2.40. The minimum absolute atomic E-state index is 0.0202. The van der Waals surface area contributed by atoms with Crippen LogP contribution in [0.2, 0.25) is 18.1 Å². The monoisotopic (exact) mass is 288 g/mol. The molecule has 0 spiro atoms. The molecule has 0 aromatic heterocycles. The number of carbonyl (C=O) groups is 1. The van der Waals surface area contributed by atoms with E-state index in [0.29, 0.717) is 0 Å². The standard InChI is InChI=1S/C14H28O4Si/c1-9-11(8-15)17-13(16)10(2)12(9)18-19(6,7)14(3,4)5/h9-12,15H,8H2,1-7H3/t9-,10+,11+,12-/m0/s1. The number of hydrogen-bond donors (Lipinski definition) is 1. The Morgan fingerprint density at radius 2 is 1.84 bits per heavy atom. The van der Waals surface area contributed by atoms with Crippen LogP contribution in [-0.2, 0) is 14.0 Å². The molecule has 4 atom stereocenters. The highest BCUT2D eigenvalue weighted by atomic mass is 28.4. The summed E-state index contributed by atoms with van der Waals surface area (Å²) >= 11 is 0. The van der Waals surface area contributed by atoms with E-state index < -0.39 is 14.4 Å². The fraction of sp³-hybridized carbons (Fsp3) is 0.929. The lowest BCUT2D eigenvalue weighted by Gasteiger charge is -2.45. The Morgan fingerprint density at radius 3 is 2.26 bits per heavy atom. The quantitative estimate of drug-likeness (QED) is 0.640. The molecule has 1 fully saturated rings. The number of ether oxygens (including phenoxy) is 1. The SMILES string of the molecule is C[C@@H]1[C@H](O[Si](C)(C)C(C)(C)C)[C@@H](C)C(=O)O[C@@H]1CO. The lowest BCUT2D eigenvalue weighted by atomic mass is 9.87. The van der Waals surface area contributed by atoms with Crippen molar-refractivity contribution < 1.29 is 19.1 Å². The van der Waals surface area contributed by atoms with Gasteiger partial charge in [-0.25, -0.2) is 0 Å². The Bertz CT molecular complexity index is 335. The molecule has 1 N–H and O–H groups in total. The average molecular weight is 288 g/mol. The molecule has 4 nitrogen and oxygen atoms in total. The Morgan fingerprint density at radius 1 is 1.32 bits per heavy atom. The maximum Gasteiger partial charge on any atom is 0.311 e. The van der Waals surface area contributed by atoms with Crippen molar-refractivity contribution in [2.24, 2.45) is 11.8 Å². The summed E-state index contributed by atoms with van der Waals surface area (Å²) in [5.41, 5.74) is 0. The van der Waals surface area contributed by atoms with E-state index in [4.69, 9.17) is 9.16 Å². The third-order valence-corrected chi connectivity index (χ3v) is 9.13. The summed E-state index contributed by atoms with van der Waals surface area (Å²) < 4.78 is 11.6. The van der Waals surface area contributed by atoms with Gasteiger partial charge in [-0.1, -0.05) is 27.7 Å². The summed E-state index contributed by atoms with van der Waals surface area (Å²) in [5, 5.41) is 9.42. The predicted molar refractivity (Wildman–Crippen MR) is 77.4 cm³/mol. The number of cyclic esters (lactones) is 1. The van der Waals surface area contributed by atoms with Gasteiger partial charge in [0.1, 0.15) is 6.10 Å². The largest absolute Gasteiger partial charge is 0.459 e. The zero-order chi connectivity index (χ0) is 15.0. The fourth-order valence-corrected chi connectivity index (χ4v) is 3.55. The molecule has 1 saturated heterocycles. The van der Waals surface area contributed by atoms with Crippen molar-refractivity contribution in [1.29, 1.82) is 0 Å². The summed E-state index contributed by atoms with van der Waals surface area (Å²) in [5.74, 6) is -0.514. The van der Waals surface area contributed by atoms with Crippen LogP contribution in [0.3, 0.4) is 0 Å². The van der Waals surface area contributed by atoms with Crippen molar-refractivity contribution >= 4 is 14.3 Å². The zero-order valence-electron chi connectivity index (χ0n) is 13.2. The van der Waals surface area contributed by atoms with Crippen molar-refractivity contribution in [3.05, 3.63) is 0 Å². The first-order valence-electron chi connectivity index (χ1n) is 7.00. The molecule has 0 unspecified atom stereocenters. The van der Waals surface area contributed by atoms with Crippen LogP contribution in [0, 0.1) is 11.8 Å². The second-order valence-corrected chi connectivity index (χ2v) is 11.9. The second-order valence-electron chi connectivity index (χ2n) is 7.15. The molecule has 0 radical (unpaired) electrons. The third kappa shape index (κ3) is 3.38. The smallest absolute Gasteiger partial charge is 0.311 e. The summed E-state index contributed by atoms with van der Waals surface area (Å²) in [4.78, 5) is 11.9. The van der Waals surface area contributed by atoms with Gasteiger partial charge in [-0.15, -0.1) is 0 Å². The lowest BCUT2D eigenvalue weighted by Crippen LogP contribution is -2.55. The van der Waals surface area contributed by atoms with Crippen molar-refractivity contribution in [2.75, 3.05) is 6.61 Å². The summed E-state index contributed by atoms with van der Waals surface area (Å²) in [6.45, 7) is 14.6. The number of aliphatic hydroxyl groups is 1. The number of rotatable bonds is 3. The Hall–Kier alpha value is -0.393. The Labute approximate surface area is 117 Å². The first-order chi connectivity index (χ1) is 8.51. The average Bonchev–Trinajstić information content (AvgIpc) is 2.27. The Balaban J connectivity index is 2.93. The molecule has 0 saturated carbocycles. The predicted octanol–water partition coefficient (Wildman–Crippen LogP) is 2.57. The van der Waals surface area contributed by atoms with Gasteiger partial charge >= 0.3 is 5.97 Å².